The van der Waals surface area contributed by atoms with Crippen LogP contribution in [0.2, 0.25) is 0 Å². The average molecular weight is 166 g/mol. The van der Waals surface area contributed by atoms with Gasteiger partial charge in [-0.15, -0.1) is 0 Å². The smallest absolute Gasteiger partial charge is 0.124 e. The number of hydrogen-bond donors (Lipinski definition) is 1. The number of halogens is 1. The molecule has 0 atom stereocenters. The Bertz CT molecular complexity index is 316. The van der Waals surface area contributed by atoms with Gasteiger partial charge >= 0.3 is 0 Å². The molecular formula is C10H11FO. The van der Waals surface area contributed by atoms with Gasteiger partial charge in [-0.3, -0.25) is 0 Å². The van der Waals surface area contributed by atoms with Crippen molar-refractivity contribution in [2.75, 3.05) is 0 Å². The second kappa shape index (κ2) is 3.39. The number of phenols is 1. The topological polar surface area (TPSA) is 20.2 Å². The molecule has 0 fully saturated rings. The quantitative estimate of drug-likeness (QED) is 0.680. The molecule has 0 aliphatic carbocycles. The maximum atomic E-state index is 12.7. The minimum absolute atomic E-state index is 0.118. The largest absolute Gasteiger partial charge is 0.507 e. The van der Waals surface area contributed by atoms with Gasteiger partial charge in [-0.05, 0) is 37.6 Å². The standard InChI is InChI=1S/C10H11FO/c1-3-7(2)9-6-8(11)4-5-10(9)12/h3-6,12H,1-2H3/b7-3+. The lowest BCUT2D eigenvalue weighted by Crippen LogP contribution is -1.82. The Morgan fingerprint density at radius 1 is 1.50 bits per heavy atom. The minimum Gasteiger partial charge on any atom is -0.507 e. The molecule has 0 aliphatic rings. The van der Waals surface area contributed by atoms with Crippen molar-refractivity contribution in [2.45, 2.75) is 13.8 Å². The van der Waals surface area contributed by atoms with Crippen molar-refractivity contribution >= 4 is 5.57 Å². The molecule has 1 N–H and O–H groups in total. The Balaban J connectivity index is 3.23. The lowest BCUT2D eigenvalue weighted by molar-refractivity contribution is 0.471. The highest BCUT2D eigenvalue weighted by molar-refractivity contribution is 5.68. The van der Waals surface area contributed by atoms with E-state index in [-0.39, 0.29) is 11.6 Å². The molecule has 0 saturated heterocycles. The van der Waals surface area contributed by atoms with E-state index in [1.165, 1.54) is 18.2 Å². The van der Waals surface area contributed by atoms with Gasteiger partial charge in [0.1, 0.15) is 11.6 Å². The van der Waals surface area contributed by atoms with Crippen LogP contribution in [0.15, 0.2) is 24.3 Å². The van der Waals surface area contributed by atoms with Gasteiger partial charge in [-0.2, -0.15) is 0 Å². The molecule has 0 heterocycles. The molecule has 0 spiro atoms. The molecule has 0 aliphatic heterocycles. The van der Waals surface area contributed by atoms with E-state index in [4.69, 9.17) is 0 Å². The predicted molar refractivity (Wildman–Crippen MR) is 47.4 cm³/mol. The SMILES string of the molecule is C/C=C(\C)c1cc(F)ccc1O. The Kier molecular flexibility index (Phi) is 2.48. The maximum Gasteiger partial charge on any atom is 0.124 e. The molecule has 0 radical (unpaired) electrons. The van der Waals surface area contributed by atoms with Gasteiger partial charge in [0.2, 0.25) is 0 Å². The number of benzene rings is 1. The molecule has 12 heavy (non-hydrogen) atoms. The summed E-state index contributed by atoms with van der Waals surface area (Å²) in [5, 5.41) is 9.33. The summed E-state index contributed by atoms with van der Waals surface area (Å²) >= 11 is 0. The highest BCUT2D eigenvalue weighted by Gasteiger charge is 2.02. The van der Waals surface area contributed by atoms with Crippen LogP contribution in [0.25, 0.3) is 5.57 Å². The summed E-state index contributed by atoms with van der Waals surface area (Å²) in [7, 11) is 0. The Morgan fingerprint density at radius 3 is 2.75 bits per heavy atom. The number of aromatic hydroxyl groups is 1. The third-order valence-electron chi connectivity index (χ3n) is 1.82. The van der Waals surface area contributed by atoms with Crippen LogP contribution in [-0.4, -0.2) is 5.11 Å². The first-order valence-corrected chi connectivity index (χ1v) is 3.77. The van der Waals surface area contributed by atoms with Crippen molar-refractivity contribution in [1.82, 2.24) is 0 Å². The molecule has 0 aromatic heterocycles. The summed E-state index contributed by atoms with van der Waals surface area (Å²) in [5.74, 6) is -0.212. The van der Waals surface area contributed by atoms with E-state index < -0.39 is 0 Å². The van der Waals surface area contributed by atoms with E-state index in [9.17, 15) is 9.50 Å². The van der Waals surface area contributed by atoms with Gasteiger partial charge < -0.3 is 5.11 Å². The van der Waals surface area contributed by atoms with Gasteiger partial charge in [-0.25, -0.2) is 4.39 Å². The Labute approximate surface area is 71.2 Å². The van der Waals surface area contributed by atoms with E-state index in [2.05, 4.69) is 0 Å². The van der Waals surface area contributed by atoms with Gasteiger partial charge in [-0.1, -0.05) is 6.08 Å². The summed E-state index contributed by atoms with van der Waals surface area (Å²) in [4.78, 5) is 0. The highest BCUT2D eigenvalue weighted by atomic mass is 19.1. The molecule has 2 heteroatoms. The lowest BCUT2D eigenvalue weighted by atomic mass is 10.1. The van der Waals surface area contributed by atoms with Crippen molar-refractivity contribution in [2.24, 2.45) is 0 Å². The zero-order valence-electron chi connectivity index (χ0n) is 7.13. The molecular weight excluding hydrogens is 155 g/mol. The van der Waals surface area contributed by atoms with E-state index >= 15 is 0 Å². The first-order valence-electron chi connectivity index (χ1n) is 3.77. The van der Waals surface area contributed by atoms with Crippen molar-refractivity contribution < 1.29 is 9.50 Å². The van der Waals surface area contributed by atoms with E-state index in [1.54, 1.807) is 0 Å². The molecule has 64 valence electrons. The van der Waals surface area contributed by atoms with Crippen LogP contribution < -0.4 is 0 Å². The minimum atomic E-state index is -0.330. The van der Waals surface area contributed by atoms with Crippen LogP contribution in [0.5, 0.6) is 5.75 Å². The van der Waals surface area contributed by atoms with Crippen LogP contribution >= 0.6 is 0 Å². The first-order chi connectivity index (χ1) is 5.65. The van der Waals surface area contributed by atoms with Crippen LogP contribution in [-0.2, 0) is 0 Å². The second-order valence-corrected chi connectivity index (χ2v) is 2.63. The zero-order valence-corrected chi connectivity index (χ0v) is 7.13. The van der Waals surface area contributed by atoms with Gasteiger partial charge in [0.15, 0.2) is 0 Å². The molecule has 0 unspecified atom stereocenters. The van der Waals surface area contributed by atoms with E-state index in [0.717, 1.165) is 5.57 Å². The van der Waals surface area contributed by atoms with Gasteiger partial charge in [0, 0.05) is 5.56 Å². The van der Waals surface area contributed by atoms with Crippen molar-refractivity contribution in [3.8, 4) is 5.75 Å². The summed E-state index contributed by atoms with van der Waals surface area (Å²) in [5.41, 5.74) is 1.42. The van der Waals surface area contributed by atoms with Crippen LogP contribution in [0.4, 0.5) is 4.39 Å². The predicted octanol–water partition coefficient (Wildman–Crippen LogP) is 2.95. The molecule has 1 nitrogen and oxygen atoms in total. The molecule has 1 aromatic carbocycles. The molecule has 0 saturated carbocycles. The molecule has 0 bridgehead atoms. The van der Waals surface area contributed by atoms with Crippen molar-refractivity contribution in [1.29, 1.82) is 0 Å². The Hall–Kier alpha value is -1.31. The van der Waals surface area contributed by atoms with E-state index in [1.807, 2.05) is 19.9 Å². The molecule has 1 aromatic rings. The number of allylic oxidation sites excluding steroid dienone is 2. The van der Waals surface area contributed by atoms with Crippen LogP contribution in [0.1, 0.15) is 19.4 Å². The average Bonchev–Trinajstić information content (AvgIpc) is 2.08. The number of phenolic OH excluding ortho intramolecular Hbond substituents is 1. The van der Waals surface area contributed by atoms with Crippen molar-refractivity contribution in [3.05, 3.63) is 35.7 Å². The fourth-order valence-electron chi connectivity index (χ4n) is 0.980. The highest BCUT2D eigenvalue weighted by Crippen LogP contribution is 2.24. The van der Waals surface area contributed by atoms with E-state index in [0.29, 0.717) is 5.56 Å². The summed E-state index contributed by atoms with van der Waals surface area (Å²) in [6.07, 6.45) is 1.83. The van der Waals surface area contributed by atoms with Gasteiger partial charge in [0.05, 0.1) is 0 Å². The van der Waals surface area contributed by atoms with Crippen LogP contribution in [0.3, 0.4) is 0 Å². The lowest BCUT2D eigenvalue weighted by Gasteiger charge is -2.03. The van der Waals surface area contributed by atoms with Gasteiger partial charge in [0.25, 0.3) is 0 Å². The third-order valence-corrected chi connectivity index (χ3v) is 1.82. The number of rotatable bonds is 1. The Morgan fingerprint density at radius 2 is 2.17 bits per heavy atom. The first kappa shape index (κ1) is 8.78. The summed E-state index contributed by atoms with van der Waals surface area (Å²) in [6, 6.07) is 3.92. The monoisotopic (exact) mass is 166 g/mol. The second-order valence-electron chi connectivity index (χ2n) is 2.63. The maximum absolute atomic E-state index is 12.7. The number of hydrogen-bond acceptors (Lipinski definition) is 1. The normalized spacial score (nSPS) is 11.8. The molecule has 1 rings (SSSR count). The third kappa shape index (κ3) is 1.64. The fraction of sp³-hybridized carbons (Fsp3) is 0.200. The van der Waals surface area contributed by atoms with Crippen LogP contribution in [0, 0.1) is 5.82 Å². The molecule has 0 amide bonds. The fourth-order valence-corrected chi connectivity index (χ4v) is 0.980. The van der Waals surface area contributed by atoms with Crippen molar-refractivity contribution in [3.63, 3.8) is 0 Å². The zero-order chi connectivity index (χ0) is 9.14. The summed E-state index contributed by atoms with van der Waals surface area (Å²) in [6.45, 7) is 3.67. The summed E-state index contributed by atoms with van der Waals surface area (Å²) < 4.78 is 12.7.